The predicted octanol–water partition coefficient (Wildman–Crippen LogP) is 3.43. The van der Waals surface area contributed by atoms with E-state index in [1.54, 1.807) is 43.9 Å². The number of benzene rings is 2. The highest BCUT2D eigenvalue weighted by molar-refractivity contribution is 5.94. The van der Waals surface area contributed by atoms with E-state index in [1.165, 1.54) is 0 Å². The second-order valence-electron chi connectivity index (χ2n) is 5.62. The third-order valence-corrected chi connectivity index (χ3v) is 3.75. The maximum atomic E-state index is 12.0. The van der Waals surface area contributed by atoms with Crippen molar-refractivity contribution in [1.82, 2.24) is 10.4 Å². The summed E-state index contributed by atoms with van der Waals surface area (Å²) in [5, 5.41) is 3.99. The number of ether oxygens (including phenoxy) is 2. The van der Waals surface area contributed by atoms with Crippen molar-refractivity contribution in [2.75, 3.05) is 7.11 Å². The average molecular weight is 361 g/mol. The van der Waals surface area contributed by atoms with Crippen molar-refractivity contribution in [3.05, 3.63) is 89.7 Å². The summed E-state index contributed by atoms with van der Waals surface area (Å²) in [4.78, 5) is 15.8. The molecule has 1 heterocycles. The van der Waals surface area contributed by atoms with Gasteiger partial charge in [-0.3, -0.25) is 9.78 Å². The molecular formula is C21H19N3O3. The van der Waals surface area contributed by atoms with E-state index in [0.29, 0.717) is 23.7 Å². The molecule has 0 fully saturated rings. The molecule has 1 aromatic heterocycles. The van der Waals surface area contributed by atoms with Crippen LogP contribution >= 0.6 is 0 Å². The van der Waals surface area contributed by atoms with Gasteiger partial charge in [-0.25, -0.2) is 5.43 Å². The van der Waals surface area contributed by atoms with Crippen LogP contribution < -0.4 is 14.9 Å². The Morgan fingerprint density at radius 1 is 1.07 bits per heavy atom. The standard InChI is InChI=1S/C21H19N3O3/c1-26-19-8-7-17(13-20(19)27-15-16-5-3-2-4-6-16)14-23-24-21(25)18-9-11-22-12-10-18/h2-14H,15H2,1H3,(H,24,25). The molecule has 0 radical (unpaired) electrons. The summed E-state index contributed by atoms with van der Waals surface area (Å²) in [5.74, 6) is 0.928. The largest absolute Gasteiger partial charge is 0.493 e. The molecule has 0 aliphatic rings. The highest BCUT2D eigenvalue weighted by Crippen LogP contribution is 2.28. The van der Waals surface area contributed by atoms with Gasteiger partial charge in [0.15, 0.2) is 11.5 Å². The molecule has 136 valence electrons. The maximum Gasteiger partial charge on any atom is 0.271 e. The zero-order valence-electron chi connectivity index (χ0n) is 14.8. The Balaban J connectivity index is 1.66. The van der Waals surface area contributed by atoms with Crippen LogP contribution in [0, 0.1) is 0 Å². The Morgan fingerprint density at radius 2 is 1.85 bits per heavy atom. The number of hydrogen-bond acceptors (Lipinski definition) is 5. The molecule has 0 atom stereocenters. The van der Waals surface area contributed by atoms with Gasteiger partial charge in [-0.2, -0.15) is 5.10 Å². The van der Waals surface area contributed by atoms with Gasteiger partial charge in [0.05, 0.1) is 13.3 Å². The Labute approximate surface area is 157 Å². The summed E-state index contributed by atoms with van der Waals surface area (Å²) < 4.78 is 11.2. The molecule has 3 rings (SSSR count). The second kappa shape index (κ2) is 9.15. The number of hydrogen-bond donors (Lipinski definition) is 1. The Morgan fingerprint density at radius 3 is 2.59 bits per heavy atom. The van der Waals surface area contributed by atoms with Gasteiger partial charge in [-0.15, -0.1) is 0 Å². The Hall–Kier alpha value is -3.67. The van der Waals surface area contributed by atoms with Crippen LogP contribution in [0.5, 0.6) is 11.5 Å². The molecule has 0 unspecified atom stereocenters. The number of nitrogens with one attached hydrogen (secondary N) is 1. The number of aromatic nitrogens is 1. The monoisotopic (exact) mass is 361 g/mol. The molecule has 0 saturated heterocycles. The van der Waals surface area contributed by atoms with Crippen LogP contribution in [-0.2, 0) is 6.61 Å². The molecule has 6 nitrogen and oxygen atoms in total. The zero-order chi connectivity index (χ0) is 18.9. The molecule has 0 spiro atoms. The van der Waals surface area contributed by atoms with Gasteiger partial charge >= 0.3 is 0 Å². The van der Waals surface area contributed by atoms with E-state index in [0.717, 1.165) is 11.1 Å². The van der Waals surface area contributed by atoms with E-state index < -0.39 is 0 Å². The van der Waals surface area contributed by atoms with Crippen molar-refractivity contribution >= 4 is 12.1 Å². The van der Waals surface area contributed by atoms with Crippen LogP contribution in [0.4, 0.5) is 0 Å². The van der Waals surface area contributed by atoms with Crippen LogP contribution in [0.15, 0.2) is 78.2 Å². The summed E-state index contributed by atoms with van der Waals surface area (Å²) in [7, 11) is 1.59. The average Bonchev–Trinajstić information content (AvgIpc) is 2.73. The van der Waals surface area contributed by atoms with Crippen molar-refractivity contribution in [2.24, 2.45) is 5.10 Å². The van der Waals surface area contributed by atoms with Gasteiger partial charge in [-0.05, 0) is 41.5 Å². The molecule has 0 saturated carbocycles. The van der Waals surface area contributed by atoms with Crippen LogP contribution in [0.25, 0.3) is 0 Å². The fraction of sp³-hybridized carbons (Fsp3) is 0.0952. The number of rotatable bonds is 7. The van der Waals surface area contributed by atoms with E-state index in [4.69, 9.17) is 9.47 Å². The molecule has 1 N–H and O–H groups in total. The minimum atomic E-state index is -0.303. The summed E-state index contributed by atoms with van der Waals surface area (Å²) in [6.45, 7) is 0.427. The number of nitrogens with zero attached hydrogens (tertiary/aromatic N) is 2. The number of carbonyl (C=O) groups excluding carboxylic acids is 1. The highest BCUT2D eigenvalue weighted by atomic mass is 16.5. The number of pyridine rings is 1. The SMILES string of the molecule is COc1ccc(C=NNC(=O)c2ccncc2)cc1OCc1ccccc1. The minimum absolute atomic E-state index is 0.303. The van der Waals surface area contributed by atoms with Crippen LogP contribution in [0.2, 0.25) is 0 Å². The first-order valence-corrected chi connectivity index (χ1v) is 8.34. The first-order chi connectivity index (χ1) is 13.3. The van der Waals surface area contributed by atoms with Crippen molar-refractivity contribution < 1.29 is 14.3 Å². The fourth-order valence-corrected chi connectivity index (χ4v) is 2.35. The molecule has 1 amide bonds. The second-order valence-corrected chi connectivity index (χ2v) is 5.62. The molecule has 3 aromatic rings. The van der Waals surface area contributed by atoms with Crippen molar-refractivity contribution in [2.45, 2.75) is 6.61 Å². The first-order valence-electron chi connectivity index (χ1n) is 8.34. The smallest absolute Gasteiger partial charge is 0.271 e. The van der Waals surface area contributed by atoms with Crippen LogP contribution in [0.1, 0.15) is 21.5 Å². The number of carbonyl (C=O) groups is 1. The van der Waals surface area contributed by atoms with E-state index in [1.807, 2.05) is 42.5 Å². The topological polar surface area (TPSA) is 72.8 Å². The molecule has 2 aromatic carbocycles. The molecule has 0 aliphatic heterocycles. The fourth-order valence-electron chi connectivity index (χ4n) is 2.35. The van der Waals surface area contributed by atoms with Gasteiger partial charge in [0.25, 0.3) is 5.91 Å². The van der Waals surface area contributed by atoms with Gasteiger partial charge < -0.3 is 9.47 Å². The van der Waals surface area contributed by atoms with E-state index in [9.17, 15) is 4.79 Å². The van der Waals surface area contributed by atoms with E-state index >= 15 is 0 Å². The van der Waals surface area contributed by atoms with Crippen molar-refractivity contribution in [3.63, 3.8) is 0 Å². The van der Waals surface area contributed by atoms with Gasteiger partial charge in [0.2, 0.25) is 0 Å². The molecule has 0 bridgehead atoms. The molecular weight excluding hydrogens is 342 g/mol. The summed E-state index contributed by atoms with van der Waals surface area (Å²) in [5.41, 5.74) is 4.80. The lowest BCUT2D eigenvalue weighted by molar-refractivity contribution is 0.0955. The number of methoxy groups -OCH3 is 1. The van der Waals surface area contributed by atoms with Gasteiger partial charge in [0, 0.05) is 18.0 Å². The van der Waals surface area contributed by atoms with E-state index in [-0.39, 0.29) is 5.91 Å². The predicted molar refractivity (Wildman–Crippen MR) is 103 cm³/mol. The number of amides is 1. The van der Waals surface area contributed by atoms with Crippen LogP contribution in [-0.4, -0.2) is 24.2 Å². The zero-order valence-corrected chi connectivity index (χ0v) is 14.8. The van der Waals surface area contributed by atoms with Gasteiger partial charge in [-0.1, -0.05) is 30.3 Å². The van der Waals surface area contributed by atoms with Crippen LogP contribution in [0.3, 0.4) is 0 Å². The lowest BCUT2D eigenvalue weighted by Crippen LogP contribution is -2.17. The maximum absolute atomic E-state index is 12.0. The lowest BCUT2D eigenvalue weighted by Gasteiger charge is -2.11. The Bertz CT molecular complexity index is 912. The Kier molecular flexibility index (Phi) is 6.14. The van der Waals surface area contributed by atoms with E-state index in [2.05, 4.69) is 15.5 Å². The third kappa shape index (κ3) is 5.15. The molecule has 0 aliphatic carbocycles. The first kappa shape index (κ1) is 18.1. The summed E-state index contributed by atoms with van der Waals surface area (Å²) >= 11 is 0. The normalized spacial score (nSPS) is 10.6. The lowest BCUT2D eigenvalue weighted by atomic mass is 10.2. The van der Waals surface area contributed by atoms with Crippen molar-refractivity contribution in [1.29, 1.82) is 0 Å². The quantitative estimate of drug-likeness (QED) is 0.517. The minimum Gasteiger partial charge on any atom is -0.493 e. The number of hydrazone groups is 1. The molecule has 6 heteroatoms. The van der Waals surface area contributed by atoms with Crippen molar-refractivity contribution in [3.8, 4) is 11.5 Å². The summed E-state index contributed by atoms with van der Waals surface area (Å²) in [6.07, 6.45) is 4.66. The van der Waals surface area contributed by atoms with Gasteiger partial charge in [0.1, 0.15) is 6.61 Å². The highest BCUT2D eigenvalue weighted by Gasteiger charge is 2.06. The molecule has 27 heavy (non-hydrogen) atoms. The third-order valence-electron chi connectivity index (χ3n) is 3.75. The summed E-state index contributed by atoms with van der Waals surface area (Å²) in [6, 6.07) is 18.5.